The molecule has 0 amide bonds. The Morgan fingerprint density at radius 1 is 1.44 bits per heavy atom. The maximum absolute atomic E-state index is 10.6. The van der Waals surface area contributed by atoms with Gasteiger partial charge in [-0.25, -0.2) is 4.72 Å². The van der Waals surface area contributed by atoms with Crippen molar-refractivity contribution in [3.63, 3.8) is 0 Å². The first-order chi connectivity index (χ1) is 3.91. The smallest absolute Gasteiger partial charge is 0.200 e. The van der Waals surface area contributed by atoms with E-state index in [1.165, 1.54) is 0 Å². The Kier molecular flexibility index (Phi) is 1.30. The van der Waals surface area contributed by atoms with Gasteiger partial charge in [-0.15, -0.1) is 0 Å². The van der Waals surface area contributed by atoms with Crippen LogP contribution in [0, 0.1) is 0 Å². The van der Waals surface area contributed by atoms with Crippen molar-refractivity contribution in [2.45, 2.75) is 19.4 Å². The zero-order chi connectivity index (χ0) is 7.12. The summed E-state index contributed by atoms with van der Waals surface area (Å²) in [4.78, 5) is 0. The number of rotatable bonds is 0. The van der Waals surface area contributed by atoms with Crippen molar-refractivity contribution in [3.8, 4) is 0 Å². The molecule has 5 heteroatoms. The lowest BCUT2D eigenvalue weighted by Crippen LogP contribution is -2.36. The highest BCUT2D eigenvalue weighted by atomic mass is 32.2. The van der Waals surface area contributed by atoms with Gasteiger partial charge in [0.2, 0.25) is 0 Å². The fourth-order valence-electron chi connectivity index (χ4n) is 0.711. The Hall–Kier alpha value is -0.130. The predicted octanol–water partition coefficient (Wildman–Crippen LogP) is -0.797. The van der Waals surface area contributed by atoms with Crippen molar-refractivity contribution in [3.05, 3.63) is 0 Å². The average molecular weight is 150 g/mol. The molecule has 1 aliphatic heterocycles. The molecule has 0 aromatic heterocycles. The molecule has 0 aliphatic carbocycles. The summed E-state index contributed by atoms with van der Waals surface area (Å²) in [5.74, 6) is 0. The van der Waals surface area contributed by atoms with Crippen molar-refractivity contribution in [2.75, 3.05) is 6.54 Å². The molecule has 1 fully saturated rings. The van der Waals surface area contributed by atoms with Gasteiger partial charge in [0.05, 0.1) is 0 Å². The fourth-order valence-corrected chi connectivity index (χ4v) is 2.13. The van der Waals surface area contributed by atoms with E-state index in [1.54, 1.807) is 0 Å². The van der Waals surface area contributed by atoms with Crippen molar-refractivity contribution < 1.29 is 8.42 Å². The molecule has 2 N–H and O–H groups in total. The van der Waals surface area contributed by atoms with E-state index in [-0.39, 0.29) is 5.54 Å². The zero-order valence-electron chi connectivity index (χ0n) is 5.43. The fraction of sp³-hybridized carbons (Fsp3) is 1.00. The van der Waals surface area contributed by atoms with Gasteiger partial charge >= 0.3 is 0 Å². The van der Waals surface area contributed by atoms with Crippen LogP contribution >= 0.6 is 0 Å². The Bertz CT molecular complexity index is 207. The lowest BCUT2D eigenvalue weighted by atomic mass is 10.1. The zero-order valence-corrected chi connectivity index (χ0v) is 6.25. The second-order valence-electron chi connectivity index (χ2n) is 2.81. The second-order valence-corrected chi connectivity index (χ2v) is 4.31. The molecule has 9 heavy (non-hydrogen) atoms. The summed E-state index contributed by atoms with van der Waals surface area (Å²) in [6, 6.07) is 0. The van der Waals surface area contributed by atoms with Crippen LogP contribution in [0.1, 0.15) is 13.8 Å². The molecule has 0 spiro atoms. The molecule has 0 aromatic rings. The minimum absolute atomic E-state index is 0.321. The van der Waals surface area contributed by atoms with Crippen molar-refractivity contribution in [1.82, 2.24) is 9.44 Å². The largest absolute Gasteiger partial charge is 0.277 e. The van der Waals surface area contributed by atoms with E-state index < -0.39 is 10.2 Å². The molecule has 0 aromatic carbocycles. The average Bonchev–Trinajstić information content (AvgIpc) is 1.78. The Morgan fingerprint density at radius 2 is 2.00 bits per heavy atom. The molecule has 1 aliphatic rings. The third kappa shape index (κ3) is 1.64. The van der Waals surface area contributed by atoms with Crippen LogP contribution in [0.15, 0.2) is 0 Å². The van der Waals surface area contributed by atoms with Gasteiger partial charge in [-0.1, -0.05) is 0 Å². The number of hydrogen-bond acceptors (Lipinski definition) is 2. The maximum Gasteiger partial charge on any atom is 0.277 e. The summed E-state index contributed by atoms with van der Waals surface area (Å²) in [5.41, 5.74) is -0.321. The van der Waals surface area contributed by atoms with E-state index in [4.69, 9.17) is 0 Å². The molecule has 1 heterocycles. The molecule has 1 saturated heterocycles. The monoisotopic (exact) mass is 150 g/mol. The van der Waals surface area contributed by atoms with E-state index in [9.17, 15) is 8.42 Å². The van der Waals surface area contributed by atoms with Crippen LogP contribution in [0.25, 0.3) is 0 Å². The summed E-state index contributed by atoms with van der Waals surface area (Å²) in [6.07, 6.45) is 0. The minimum Gasteiger partial charge on any atom is -0.200 e. The molecule has 1 rings (SSSR count). The van der Waals surface area contributed by atoms with Gasteiger partial charge in [0, 0.05) is 12.1 Å². The van der Waals surface area contributed by atoms with Gasteiger partial charge in [0.25, 0.3) is 10.2 Å². The van der Waals surface area contributed by atoms with Crippen LogP contribution in [0.3, 0.4) is 0 Å². The summed E-state index contributed by atoms with van der Waals surface area (Å²) >= 11 is 0. The number of nitrogens with one attached hydrogen (secondary N) is 2. The lowest BCUT2D eigenvalue weighted by molar-refractivity contribution is 0.502. The Morgan fingerprint density at radius 3 is 2.11 bits per heavy atom. The van der Waals surface area contributed by atoms with Crippen LogP contribution in [0.2, 0.25) is 0 Å². The van der Waals surface area contributed by atoms with E-state index in [1.807, 2.05) is 13.8 Å². The molecule has 0 radical (unpaired) electrons. The van der Waals surface area contributed by atoms with Gasteiger partial charge in [-0.2, -0.15) is 13.1 Å². The van der Waals surface area contributed by atoms with E-state index in [0.29, 0.717) is 6.54 Å². The third-order valence-corrected chi connectivity index (χ3v) is 2.46. The molecular weight excluding hydrogens is 140 g/mol. The third-order valence-electron chi connectivity index (χ3n) is 1.11. The van der Waals surface area contributed by atoms with Crippen LogP contribution in [-0.2, 0) is 10.2 Å². The highest BCUT2D eigenvalue weighted by Crippen LogP contribution is 2.07. The quantitative estimate of drug-likeness (QED) is 0.475. The van der Waals surface area contributed by atoms with Gasteiger partial charge in [0.15, 0.2) is 0 Å². The van der Waals surface area contributed by atoms with E-state index >= 15 is 0 Å². The van der Waals surface area contributed by atoms with Gasteiger partial charge < -0.3 is 0 Å². The first-order valence-electron chi connectivity index (χ1n) is 2.70. The first kappa shape index (κ1) is 6.98. The highest BCUT2D eigenvalue weighted by Gasteiger charge is 2.32. The highest BCUT2D eigenvalue weighted by molar-refractivity contribution is 7.87. The van der Waals surface area contributed by atoms with Crippen LogP contribution in [0.5, 0.6) is 0 Å². The van der Waals surface area contributed by atoms with Gasteiger partial charge in [0.1, 0.15) is 0 Å². The van der Waals surface area contributed by atoms with Gasteiger partial charge in [-0.3, -0.25) is 0 Å². The number of hydrogen-bond donors (Lipinski definition) is 2. The maximum atomic E-state index is 10.6. The molecule has 0 bridgehead atoms. The Labute approximate surface area is 54.8 Å². The molecular formula is C4H10N2O2S. The molecule has 4 nitrogen and oxygen atoms in total. The predicted molar refractivity (Wildman–Crippen MR) is 34.1 cm³/mol. The second kappa shape index (κ2) is 1.68. The SMILES string of the molecule is CC1(C)CNS(=O)(=O)N1. The van der Waals surface area contributed by atoms with Crippen LogP contribution < -0.4 is 9.44 Å². The summed E-state index contributed by atoms with van der Waals surface area (Å²) in [6.45, 7) is 4.12. The van der Waals surface area contributed by atoms with Crippen molar-refractivity contribution in [2.24, 2.45) is 0 Å². The summed E-state index contributed by atoms with van der Waals surface area (Å²) < 4.78 is 26.0. The van der Waals surface area contributed by atoms with E-state index in [2.05, 4.69) is 9.44 Å². The van der Waals surface area contributed by atoms with Crippen LogP contribution in [-0.4, -0.2) is 20.5 Å². The lowest BCUT2D eigenvalue weighted by Gasteiger charge is -2.12. The van der Waals surface area contributed by atoms with Crippen molar-refractivity contribution >= 4 is 10.2 Å². The summed E-state index contributed by atoms with van der Waals surface area (Å²) in [7, 11) is -3.15. The normalized spacial score (nSPS) is 30.4. The van der Waals surface area contributed by atoms with Gasteiger partial charge in [-0.05, 0) is 13.8 Å². The molecule has 54 valence electrons. The molecule has 0 unspecified atom stereocenters. The molecule has 0 saturated carbocycles. The topological polar surface area (TPSA) is 58.2 Å². The van der Waals surface area contributed by atoms with E-state index in [0.717, 1.165) is 0 Å². The standard InChI is InChI=1S/C4H10N2O2S/c1-4(2)3-5-9(7,8)6-4/h5-6H,3H2,1-2H3. The molecule has 0 atom stereocenters. The minimum atomic E-state index is -3.15. The summed E-state index contributed by atoms with van der Waals surface area (Å²) in [5, 5.41) is 0. The Balaban J connectivity index is 2.81. The van der Waals surface area contributed by atoms with Crippen molar-refractivity contribution in [1.29, 1.82) is 0 Å². The van der Waals surface area contributed by atoms with Crippen LogP contribution in [0.4, 0.5) is 0 Å². The first-order valence-corrected chi connectivity index (χ1v) is 4.18.